The van der Waals surface area contributed by atoms with E-state index in [1.165, 1.54) is 22.9 Å². The van der Waals surface area contributed by atoms with Gasteiger partial charge in [0.25, 0.3) is 0 Å². The minimum absolute atomic E-state index is 0.0261. The van der Waals surface area contributed by atoms with Gasteiger partial charge in [0.2, 0.25) is 0 Å². The molecular formula is C13H18STe. The fourth-order valence-electron chi connectivity index (χ4n) is 1.22. The first-order valence-electron chi connectivity index (χ1n) is 5.29. The van der Waals surface area contributed by atoms with Crippen LogP contribution < -0.4 is 0 Å². The van der Waals surface area contributed by atoms with Gasteiger partial charge in [-0.15, -0.1) is 0 Å². The predicted molar refractivity (Wildman–Crippen MR) is 73.4 cm³/mol. The van der Waals surface area contributed by atoms with E-state index in [4.69, 9.17) is 0 Å². The summed E-state index contributed by atoms with van der Waals surface area (Å²) in [4.78, 5) is 0. The summed E-state index contributed by atoms with van der Waals surface area (Å²) >= 11 is 1.86. The molecular weight excluding hydrogens is 316 g/mol. The van der Waals surface area contributed by atoms with Gasteiger partial charge in [0, 0.05) is 0 Å². The van der Waals surface area contributed by atoms with E-state index in [0.717, 1.165) is 0 Å². The summed E-state index contributed by atoms with van der Waals surface area (Å²) in [5, 5.41) is 2.34. The maximum absolute atomic E-state index is 2.34. The second-order valence-electron chi connectivity index (χ2n) is 3.29. The molecule has 0 nitrogen and oxygen atoms in total. The summed E-state index contributed by atoms with van der Waals surface area (Å²) in [7, 11) is 0. The van der Waals surface area contributed by atoms with Crippen LogP contribution in [0.25, 0.3) is 3.62 Å². The van der Waals surface area contributed by atoms with Crippen molar-refractivity contribution in [3.8, 4) is 0 Å². The van der Waals surface area contributed by atoms with E-state index in [0.29, 0.717) is 0 Å². The van der Waals surface area contributed by atoms with Crippen LogP contribution in [0.2, 0.25) is 4.47 Å². The Morgan fingerprint density at radius 3 is 2.67 bits per heavy atom. The maximum atomic E-state index is 2.34. The molecule has 0 aliphatic rings. The molecule has 15 heavy (non-hydrogen) atoms. The summed E-state index contributed by atoms with van der Waals surface area (Å²) in [6, 6.07) is 10.8. The number of hydrogen-bond donors (Lipinski definition) is 0. The second-order valence-corrected chi connectivity index (χ2v) is 7.24. The molecule has 0 radical (unpaired) electrons. The monoisotopic (exact) mass is 336 g/mol. The van der Waals surface area contributed by atoms with Crippen molar-refractivity contribution in [1.29, 1.82) is 0 Å². The predicted octanol–water partition coefficient (Wildman–Crippen LogP) is 4.27. The normalized spacial score (nSPS) is 11.7. The molecule has 2 heteroatoms. The van der Waals surface area contributed by atoms with Crippen LogP contribution >= 0.6 is 11.8 Å². The zero-order chi connectivity index (χ0) is 10.9. The number of unbranched alkanes of at least 4 members (excludes halogenated alkanes) is 1. The topological polar surface area (TPSA) is 0 Å². The van der Waals surface area contributed by atoms with Gasteiger partial charge in [-0.3, -0.25) is 0 Å². The van der Waals surface area contributed by atoms with E-state index in [-0.39, 0.29) is 20.9 Å². The molecule has 0 spiro atoms. The number of thioether (sulfide) groups is 1. The summed E-state index contributed by atoms with van der Waals surface area (Å²) in [5.41, 5.74) is 1.44. The Bertz CT molecular complexity index is 293. The number of rotatable bonds is 6. The molecule has 0 fully saturated rings. The van der Waals surface area contributed by atoms with Gasteiger partial charge in [0.15, 0.2) is 0 Å². The van der Waals surface area contributed by atoms with Gasteiger partial charge < -0.3 is 0 Å². The standard InChI is InChI=1S/C13H18STe/c1-3-4-10-15-13(11-14-2)12-8-6-5-7-9-12/h5-9,11H,3-4,10H2,1-2H3/b13-11+. The van der Waals surface area contributed by atoms with Crippen LogP contribution in [-0.2, 0) is 0 Å². The van der Waals surface area contributed by atoms with Gasteiger partial charge in [0.1, 0.15) is 0 Å². The molecule has 0 saturated carbocycles. The van der Waals surface area contributed by atoms with Crippen molar-refractivity contribution in [1.82, 2.24) is 0 Å². The van der Waals surface area contributed by atoms with E-state index in [1.807, 2.05) is 11.8 Å². The first kappa shape index (κ1) is 13.2. The summed E-state index contributed by atoms with van der Waals surface area (Å²) in [6.45, 7) is 2.27. The zero-order valence-electron chi connectivity index (χ0n) is 9.40. The van der Waals surface area contributed by atoms with E-state index in [1.54, 1.807) is 3.62 Å². The summed E-state index contributed by atoms with van der Waals surface area (Å²) in [5.74, 6) is 0. The van der Waals surface area contributed by atoms with E-state index in [2.05, 4.69) is 48.9 Å². The first-order chi connectivity index (χ1) is 7.38. The van der Waals surface area contributed by atoms with Crippen molar-refractivity contribution in [3.05, 3.63) is 41.3 Å². The molecule has 0 bridgehead atoms. The van der Waals surface area contributed by atoms with Crippen molar-refractivity contribution < 1.29 is 0 Å². The summed E-state index contributed by atoms with van der Waals surface area (Å²) in [6.07, 6.45) is 4.86. The van der Waals surface area contributed by atoms with Gasteiger partial charge in [-0.2, -0.15) is 0 Å². The molecule has 1 aromatic carbocycles. The van der Waals surface area contributed by atoms with Gasteiger partial charge in [-0.1, -0.05) is 0 Å². The number of hydrogen-bond acceptors (Lipinski definition) is 1. The van der Waals surface area contributed by atoms with Gasteiger partial charge in [0.05, 0.1) is 0 Å². The molecule has 0 N–H and O–H groups in total. The fourth-order valence-corrected chi connectivity index (χ4v) is 5.77. The molecule has 0 aliphatic heterocycles. The van der Waals surface area contributed by atoms with Crippen molar-refractivity contribution >= 4 is 36.3 Å². The van der Waals surface area contributed by atoms with Crippen LogP contribution in [-0.4, -0.2) is 27.2 Å². The van der Waals surface area contributed by atoms with E-state index in [9.17, 15) is 0 Å². The fraction of sp³-hybridized carbons (Fsp3) is 0.385. The average molecular weight is 334 g/mol. The van der Waals surface area contributed by atoms with Crippen LogP contribution in [0.4, 0.5) is 0 Å². The minimum atomic E-state index is 0.0261. The van der Waals surface area contributed by atoms with Crippen LogP contribution in [0, 0.1) is 0 Å². The quantitative estimate of drug-likeness (QED) is 0.553. The molecule has 0 atom stereocenters. The summed E-state index contributed by atoms with van der Waals surface area (Å²) < 4.78 is 3.05. The van der Waals surface area contributed by atoms with Crippen molar-refractivity contribution in [2.75, 3.05) is 6.26 Å². The molecule has 0 amide bonds. The Morgan fingerprint density at radius 2 is 2.07 bits per heavy atom. The molecule has 82 valence electrons. The molecule has 0 unspecified atom stereocenters. The van der Waals surface area contributed by atoms with Crippen LogP contribution in [0.15, 0.2) is 35.7 Å². The Labute approximate surface area is 108 Å². The molecule has 1 rings (SSSR count). The van der Waals surface area contributed by atoms with Crippen LogP contribution in [0.1, 0.15) is 25.3 Å². The van der Waals surface area contributed by atoms with E-state index < -0.39 is 0 Å². The van der Waals surface area contributed by atoms with Gasteiger partial charge in [-0.25, -0.2) is 0 Å². The first-order valence-corrected chi connectivity index (χ1v) is 9.39. The third-order valence-electron chi connectivity index (χ3n) is 2.04. The molecule has 1 aromatic rings. The molecule has 0 heterocycles. The SMILES string of the molecule is CCCC[Te]/C(=C/SC)c1ccccc1. The Hall–Kier alpha value is 0.0996. The van der Waals surface area contributed by atoms with Crippen molar-refractivity contribution in [2.45, 2.75) is 24.2 Å². The number of benzene rings is 1. The Balaban J connectivity index is 2.63. The Kier molecular flexibility index (Phi) is 7.26. The van der Waals surface area contributed by atoms with Crippen LogP contribution in [0.5, 0.6) is 0 Å². The Morgan fingerprint density at radius 1 is 1.33 bits per heavy atom. The zero-order valence-corrected chi connectivity index (χ0v) is 12.5. The van der Waals surface area contributed by atoms with Crippen LogP contribution in [0.3, 0.4) is 0 Å². The average Bonchev–Trinajstić information content (AvgIpc) is 2.29. The van der Waals surface area contributed by atoms with E-state index >= 15 is 0 Å². The second kappa shape index (κ2) is 8.27. The van der Waals surface area contributed by atoms with Crippen molar-refractivity contribution in [2.24, 2.45) is 0 Å². The van der Waals surface area contributed by atoms with Gasteiger partial charge >= 0.3 is 108 Å². The molecule has 0 aliphatic carbocycles. The molecule has 0 saturated heterocycles. The third-order valence-corrected chi connectivity index (χ3v) is 6.28. The molecule has 0 aromatic heterocycles. The third kappa shape index (κ3) is 5.11. The van der Waals surface area contributed by atoms with Crippen molar-refractivity contribution in [3.63, 3.8) is 0 Å². The van der Waals surface area contributed by atoms with Gasteiger partial charge in [-0.05, 0) is 0 Å².